The summed E-state index contributed by atoms with van der Waals surface area (Å²) in [6, 6.07) is 13.5. The lowest BCUT2D eigenvalue weighted by Gasteiger charge is -2.15. The standard InChI is InChI=1S/C23H22F3N5O4S/c24-23(25,26)22-19-7-6-17(12-20(19)29-30-22)35-10-9-28-14-21(32)15-3-1-4-16(11-15)31-36(33,34)18-5-2-8-27-13-18/h1-8,11-13,21,28,31-32H,9-10,14H2,(H,29,30)/t21-/m0/s1. The monoisotopic (exact) mass is 521 g/mol. The summed E-state index contributed by atoms with van der Waals surface area (Å²) in [6.45, 7) is 0.700. The van der Waals surface area contributed by atoms with Crippen LogP contribution in [0.15, 0.2) is 71.9 Å². The lowest BCUT2D eigenvalue weighted by molar-refractivity contribution is -0.139. The average molecular weight is 522 g/mol. The highest BCUT2D eigenvalue weighted by Crippen LogP contribution is 2.34. The molecule has 0 saturated carbocycles. The molecule has 1 atom stereocenters. The molecule has 4 rings (SSSR count). The van der Waals surface area contributed by atoms with Gasteiger partial charge in [0.1, 0.15) is 22.9 Å². The third kappa shape index (κ3) is 6.11. The normalized spacial score (nSPS) is 13.0. The Morgan fingerprint density at radius 1 is 1.11 bits per heavy atom. The summed E-state index contributed by atoms with van der Waals surface area (Å²) in [6.07, 6.45) is -2.74. The highest BCUT2D eigenvalue weighted by molar-refractivity contribution is 7.92. The Morgan fingerprint density at radius 2 is 1.94 bits per heavy atom. The highest BCUT2D eigenvalue weighted by atomic mass is 32.2. The number of fused-ring (bicyclic) bond motifs is 1. The number of aromatic nitrogens is 3. The number of ether oxygens (including phenoxy) is 1. The topological polar surface area (TPSA) is 129 Å². The molecule has 0 saturated heterocycles. The van der Waals surface area contributed by atoms with Gasteiger partial charge in [-0.1, -0.05) is 12.1 Å². The molecule has 0 bridgehead atoms. The van der Waals surface area contributed by atoms with Crippen LogP contribution >= 0.6 is 0 Å². The Kier molecular flexibility index (Phi) is 7.43. The summed E-state index contributed by atoms with van der Waals surface area (Å²) < 4.78 is 71.7. The van der Waals surface area contributed by atoms with Gasteiger partial charge < -0.3 is 15.2 Å². The number of halogens is 3. The first-order chi connectivity index (χ1) is 17.1. The molecule has 9 nitrogen and oxygen atoms in total. The Balaban J connectivity index is 1.27. The van der Waals surface area contributed by atoms with E-state index in [1.54, 1.807) is 18.2 Å². The van der Waals surface area contributed by atoms with Crippen molar-refractivity contribution in [2.45, 2.75) is 17.2 Å². The number of hydrogen-bond acceptors (Lipinski definition) is 7. The fourth-order valence-electron chi connectivity index (χ4n) is 3.42. The van der Waals surface area contributed by atoms with Crippen molar-refractivity contribution in [3.63, 3.8) is 0 Å². The lowest BCUT2D eigenvalue weighted by atomic mass is 10.1. The van der Waals surface area contributed by atoms with Gasteiger partial charge in [0.15, 0.2) is 0 Å². The van der Waals surface area contributed by atoms with Crippen molar-refractivity contribution in [3.8, 4) is 5.75 Å². The number of nitrogens with one attached hydrogen (secondary N) is 3. The van der Waals surface area contributed by atoms with Crippen LogP contribution in [0, 0.1) is 0 Å². The minimum atomic E-state index is -4.52. The third-order valence-electron chi connectivity index (χ3n) is 5.16. The molecular formula is C23H22F3N5O4S. The quantitative estimate of drug-likeness (QED) is 0.235. The maximum atomic E-state index is 12.9. The molecule has 0 spiro atoms. The number of H-pyrrole nitrogens is 1. The van der Waals surface area contributed by atoms with Gasteiger partial charge >= 0.3 is 6.18 Å². The molecule has 2 aromatic carbocycles. The van der Waals surface area contributed by atoms with Gasteiger partial charge in [-0.2, -0.15) is 18.3 Å². The van der Waals surface area contributed by atoms with Gasteiger partial charge in [-0.3, -0.25) is 14.8 Å². The molecule has 0 fully saturated rings. The van der Waals surface area contributed by atoms with E-state index < -0.39 is 28.0 Å². The molecule has 4 aromatic rings. The predicted molar refractivity (Wildman–Crippen MR) is 126 cm³/mol. The zero-order valence-electron chi connectivity index (χ0n) is 18.7. The van der Waals surface area contributed by atoms with Gasteiger partial charge in [0.2, 0.25) is 0 Å². The molecule has 0 amide bonds. The minimum Gasteiger partial charge on any atom is -0.492 e. The van der Waals surface area contributed by atoms with E-state index in [0.29, 0.717) is 23.5 Å². The Bertz CT molecular complexity index is 1430. The minimum absolute atomic E-state index is 0.0184. The van der Waals surface area contributed by atoms with Crippen molar-refractivity contribution in [1.29, 1.82) is 0 Å². The lowest BCUT2D eigenvalue weighted by Crippen LogP contribution is -2.26. The van der Waals surface area contributed by atoms with Crippen molar-refractivity contribution < 1.29 is 31.4 Å². The van der Waals surface area contributed by atoms with Crippen molar-refractivity contribution in [2.24, 2.45) is 0 Å². The van der Waals surface area contributed by atoms with Crippen LogP contribution in [0.3, 0.4) is 0 Å². The second kappa shape index (κ2) is 10.5. The van der Waals surface area contributed by atoms with E-state index in [1.807, 2.05) is 5.10 Å². The summed E-state index contributed by atoms with van der Waals surface area (Å²) in [5, 5.41) is 19.1. The first kappa shape index (κ1) is 25.4. The fourth-order valence-corrected chi connectivity index (χ4v) is 4.44. The van der Waals surface area contributed by atoms with Crippen LogP contribution in [0.1, 0.15) is 17.4 Å². The molecule has 0 aliphatic rings. The van der Waals surface area contributed by atoms with Crippen LogP contribution in [0.25, 0.3) is 10.9 Å². The molecule has 0 unspecified atom stereocenters. The van der Waals surface area contributed by atoms with E-state index in [-0.39, 0.29) is 29.0 Å². The van der Waals surface area contributed by atoms with Gasteiger partial charge in [-0.05, 0) is 42.0 Å². The summed E-state index contributed by atoms with van der Waals surface area (Å²) in [4.78, 5) is 3.82. The number of hydrogen-bond donors (Lipinski definition) is 4. The van der Waals surface area contributed by atoms with E-state index >= 15 is 0 Å². The summed E-state index contributed by atoms with van der Waals surface area (Å²) >= 11 is 0. The molecule has 4 N–H and O–H groups in total. The number of benzene rings is 2. The van der Waals surface area contributed by atoms with E-state index in [4.69, 9.17) is 4.74 Å². The predicted octanol–water partition coefficient (Wildman–Crippen LogP) is 3.48. The van der Waals surface area contributed by atoms with Gasteiger partial charge in [-0.15, -0.1) is 0 Å². The SMILES string of the molecule is O=S(=O)(Nc1cccc([C@@H](O)CNCCOc2ccc3c(C(F)(F)F)[nH]nc3c2)c1)c1cccnc1. The van der Waals surface area contributed by atoms with Gasteiger partial charge in [0, 0.05) is 42.6 Å². The fraction of sp³-hybridized carbons (Fsp3) is 0.217. The Hall–Kier alpha value is -3.68. The van der Waals surface area contributed by atoms with Crippen LogP contribution in [0.2, 0.25) is 0 Å². The number of aliphatic hydroxyl groups is 1. The maximum Gasteiger partial charge on any atom is 0.433 e. The molecule has 0 aliphatic carbocycles. The molecule has 2 heterocycles. The van der Waals surface area contributed by atoms with Crippen molar-refractivity contribution in [3.05, 3.63) is 78.2 Å². The number of nitrogens with zero attached hydrogens (tertiary/aromatic N) is 2. The molecular weight excluding hydrogens is 499 g/mol. The average Bonchev–Trinajstić information content (AvgIpc) is 3.28. The van der Waals surface area contributed by atoms with Gasteiger partial charge in [0.25, 0.3) is 10.0 Å². The summed E-state index contributed by atoms with van der Waals surface area (Å²) in [5.74, 6) is 0.360. The first-order valence-electron chi connectivity index (χ1n) is 10.7. The molecule has 0 radical (unpaired) electrons. The number of sulfonamides is 1. The second-order valence-corrected chi connectivity index (χ2v) is 9.45. The third-order valence-corrected chi connectivity index (χ3v) is 6.53. The number of alkyl halides is 3. The zero-order chi connectivity index (χ0) is 25.8. The van der Waals surface area contributed by atoms with Gasteiger partial charge in [-0.25, -0.2) is 8.42 Å². The van der Waals surface area contributed by atoms with Crippen LogP contribution in [0.5, 0.6) is 5.75 Å². The number of aromatic amines is 1. The van der Waals surface area contributed by atoms with Gasteiger partial charge in [0.05, 0.1) is 11.6 Å². The van der Waals surface area contributed by atoms with E-state index in [9.17, 15) is 26.7 Å². The molecule has 190 valence electrons. The maximum absolute atomic E-state index is 12.9. The number of anilines is 1. The first-order valence-corrected chi connectivity index (χ1v) is 12.2. The molecule has 36 heavy (non-hydrogen) atoms. The molecule has 2 aromatic heterocycles. The second-order valence-electron chi connectivity index (χ2n) is 7.76. The van der Waals surface area contributed by atoms with Crippen LogP contribution in [-0.4, -0.2) is 48.4 Å². The Labute approximate surface area is 204 Å². The Morgan fingerprint density at radius 3 is 2.69 bits per heavy atom. The van der Waals surface area contributed by atoms with Crippen LogP contribution in [0.4, 0.5) is 18.9 Å². The van der Waals surface area contributed by atoms with Crippen molar-refractivity contribution in [2.75, 3.05) is 24.4 Å². The number of aliphatic hydroxyl groups excluding tert-OH is 1. The van der Waals surface area contributed by atoms with E-state index in [1.165, 1.54) is 48.8 Å². The van der Waals surface area contributed by atoms with Crippen LogP contribution in [-0.2, 0) is 16.2 Å². The van der Waals surface area contributed by atoms with Crippen molar-refractivity contribution >= 4 is 26.6 Å². The number of rotatable bonds is 10. The molecule has 13 heteroatoms. The summed E-state index contributed by atoms with van der Waals surface area (Å²) in [7, 11) is -3.81. The van der Waals surface area contributed by atoms with E-state index in [2.05, 4.69) is 20.1 Å². The largest absolute Gasteiger partial charge is 0.492 e. The zero-order valence-corrected chi connectivity index (χ0v) is 19.5. The number of pyridine rings is 1. The molecule has 0 aliphatic heterocycles. The smallest absolute Gasteiger partial charge is 0.433 e. The summed E-state index contributed by atoms with van der Waals surface area (Å²) in [5.41, 5.74) is 0.0244. The van der Waals surface area contributed by atoms with Crippen LogP contribution < -0.4 is 14.8 Å². The van der Waals surface area contributed by atoms with E-state index in [0.717, 1.165) is 0 Å². The van der Waals surface area contributed by atoms with Crippen molar-refractivity contribution in [1.82, 2.24) is 20.5 Å². The highest BCUT2D eigenvalue weighted by Gasteiger charge is 2.35.